The third kappa shape index (κ3) is 3.47. The van der Waals surface area contributed by atoms with Gasteiger partial charge in [0.1, 0.15) is 29.8 Å². The van der Waals surface area contributed by atoms with Crippen LogP contribution in [0.25, 0.3) is 0 Å². The van der Waals surface area contributed by atoms with Crippen molar-refractivity contribution >= 4 is 5.84 Å². The molecule has 0 amide bonds. The predicted octanol–water partition coefficient (Wildman–Crippen LogP) is 2.70. The lowest BCUT2D eigenvalue weighted by Gasteiger charge is -2.10. The lowest BCUT2D eigenvalue weighted by atomic mass is 10.2. The van der Waals surface area contributed by atoms with E-state index in [1.165, 1.54) is 19.2 Å². The maximum Gasteiger partial charge on any atom is 0.124 e. The van der Waals surface area contributed by atoms with E-state index >= 15 is 0 Å². The number of amidine groups is 1. The summed E-state index contributed by atoms with van der Waals surface area (Å²) in [5.41, 5.74) is 6.83. The summed E-state index contributed by atoms with van der Waals surface area (Å²) in [6.07, 6.45) is 0. The molecule has 0 radical (unpaired) electrons. The number of nitrogens with two attached hydrogens (primary N) is 1. The smallest absolute Gasteiger partial charge is 0.124 e. The predicted molar refractivity (Wildman–Crippen MR) is 74.7 cm³/mol. The van der Waals surface area contributed by atoms with Gasteiger partial charge in [-0.15, -0.1) is 0 Å². The normalized spacial score (nSPS) is 10.1. The molecular formula is C15H15FN2O2. The van der Waals surface area contributed by atoms with Crippen LogP contribution >= 0.6 is 0 Å². The second-order valence-corrected chi connectivity index (χ2v) is 4.23. The van der Waals surface area contributed by atoms with Crippen molar-refractivity contribution in [2.24, 2.45) is 5.73 Å². The SMILES string of the molecule is COc1cc(OCc2ccc(F)cc2)cc(C(=N)N)c1. The molecule has 0 aliphatic rings. The summed E-state index contributed by atoms with van der Waals surface area (Å²) in [5.74, 6) is 0.759. The third-order valence-electron chi connectivity index (χ3n) is 2.75. The molecule has 5 heteroatoms. The Bertz CT molecular complexity index is 612. The Morgan fingerprint density at radius 1 is 1.15 bits per heavy atom. The van der Waals surface area contributed by atoms with Crippen LogP contribution in [-0.4, -0.2) is 12.9 Å². The van der Waals surface area contributed by atoms with Gasteiger partial charge in [-0.2, -0.15) is 0 Å². The molecular weight excluding hydrogens is 259 g/mol. The number of hydrogen-bond acceptors (Lipinski definition) is 3. The lowest BCUT2D eigenvalue weighted by Crippen LogP contribution is -2.11. The molecule has 0 saturated carbocycles. The number of nitrogens with one attached hydrogen (secondary N) is 1. The Balaban J connectivity index is 2.14. The van der Waals surface area contributed by atoms with E-state index in [1.54, 1.807) is 30.3 Å². The van der Waals surface area contributed by atoms with Gasteiger partial charge < -0.3 is 15.2 Å². The Morgan fingerprint density at radius 3 is 2.40 bits per heavy atom. The summed E-state index contributed by atoms with van der Waals surface area (Å²) in [4.78, 5) is 0. The summed E-state index contributed by atoms with van der Waals surface area (Å²) in [5, 5.41) is 7.45. The highest BCUT2D eigenvalue weighted by molar-refractivity contribution is 5.95. The van der Waals surface area contributed by atoms with Gasteiger partial charge in [-0.05, 0) is 29.8 Å². The molecule has 2 aromatic carbocycles. The van der Waals surface area contributed by atoms with E-state index in [-0.39, 0.29) is 11.7 Å². The molecule has 0 aliphatic carbocycles. The highest BCUT2D eigenvalue weighted by Crippen LogP contribution is 2.23. The number of hydrogen-bond donors (Lipinski definition) is 2. The van der Waals surface area contributed by atoms with Crippen molar-refractivity contribution in [2.45, 2.75) is 6.61 Å². The van der Waals surface area contributed by atoms with Gasteiger partial charge in [0.25, 0.3) is 0 Å². The van der Waals surface area contributed by atoms with E-state index in [0.29, 0.717) is 23.7 Å². The van der Waals surface area contributed by atoms with Crippen LogP contribution in [0.4, 0.5) is 4.39 Å². The van der Waals surface area contributed by atoms with Crippen LogP contribution in [0.3, 0.4) is 0 Å². The molecule has 0 atom stereocenters. The largest absolute Gasteiger partial charge is 0.497 e. The second kappa shape index (κ2) is 6.06. The first-order valence-corrected chi connectivity index (χ1v) is 5.99. The fourth-order valence-electron chi connectivity index (χ4n) is 1.68. The van der Waals surface area contributed by atoms with Crippen LogP contribution in [0.5, 0.6) is 11.5 Å². The van der Waals surface area contributed by atoms with Crippen LogP contribution in [0.1, 0.15) is 11.1 Å². The molecule has 0 aromatic heterocycles. The van der Waals surface area contributed by atoms with E-state index in [0.717, 1.165) is 5.56 Å². The van der Waals surface area contributed by atoms with Crippen molar-refractivity contribution in [3.63, 3.8) is 0 Å². The van der Waals surface area contributed by atoms with Crippen LogP contribution in [-0.2, 0) is 6.61 Å². The number of ether oxygens (including phenoxy) is 2. The van der Waals surface area contributed by atoms with E-state index in [4.69, 9.17) is 20.6 Å². The van der Waals surface area contributed by atoms with Gasteiger partial charge in [-0.1, -0.05) is 12.1 Å². The lowest BCUT2D eigenvalue weighted by molar-refractivity contribution is 0.303. The van der Waals surface area contributed by atoms with Crippen molar-refractivity contribution in [3.05, 3.63) is 59.4 Å². The van der Waals surface area contributed by atoms with Gasteiger partial charge in [0.2, 0.25) is 0 Å². The van der Waals surface area contributed by atoms with Crippen LogP contribution in [0.2, 0.25) is 0 Å². The van der Waals surface area contributed by atoms with E-state index in [1.807, 2.05) is 0 Å². The van der Waals surface area contributed by atoms with Crippen LogP contribution < -0.4 is 15.2 Å². The van der Waals surface area contributed by atoms with Gasteiger partial charge in [0, 0.05) is 11.6 Å². The standard InChI is InChI=1S/C15H15FN2O2/c1-19-13-6-11(15(17)18)7-14(8-13)20-9-10-2-4-12(16)5-3-10/h2-8H,9H2,1H3,(H3,17,18). The minimum atomic E-state index is -0.283. The van der Waals surface area contributed by atoms with Gasteiger partial charge in [-0.3, -0.25) is 5.41 Å². The third-order valence-corrected chi connectivity index (χ3v) is 2.75. The molecule has 3 N–H and O–H groups in total. The fraction of sp³-hybridized carbons (Fsp3) is 0.133. The molecule has 20 heavy (non-hydrogen) atoms. The zero-order chi connectivity index (χ0) is 14.5. The highest BCUT2D eigenvalue weighted by Gasteiger charge is 2.05. The van der Waals surface area contributed by atoms with Crippen molar-refractivity contribution < 1.29 is 13.9 Å². The van der Waals surface area contributed by atoms with Crippen molar-refractivity contribution in [3.8, 4) is 11.5 Å². The van der Waals surface area contributed by atoms with E-state index in [9.17, 15) is 4.39 Å². The maximum atomic E-state index is 12.8. The van der Waals surface area contributed by atoms with Gasteiger partial charge in [0.15, 0.2) is 0 Å². The minimum absolute atomic E-state index is 0.0597. The molecule has 2 rings (SSSR count). The first-order chi connectivity index (χ1) is 9.58. The quantitative estimate of drug-likeness (QED) is 0.650. The molecule has 0 fully saturated rings. The second-order valence-electron chi connectivity index (χ2n) is 4.23. The summed E-state index contributed by atoms with van der Waals surface area (Å²) in [6.45, 7) is 0.296. The number of halogens is 1. The van der Waals surface area contributed by atoms with Crippen molar-refractivity contribution in [1.82, 2.24) is 0 Å². The summed E-state index contributed by atoms with van der Waals surface area (Å²) < 4.78 is 23.5. The molecule has 0 heterocycles. The molecule has 0 saturated heterocycles. The minimum Gasteiger partial charge on any atom is -0.497 e. The monoisotopic (exact) mass is 274 g/mol. The molecule has 0 unspecified atom stereocenters. The zero-order valence-electron chi connectivity index (χ0n) is 11.0. The summed E-state index contributed by atoms with van der Waals surface area (Å²) in [7, 11) is 1.53. The zero-order valence-corrected chi connectivity index (χ0v) is 11.0. The molecule has 0 aliphatic heterocycles. The molecule has 104 valence electrons. The molecule has 0 spiro atoms. The highest BCUT2D eigenvalue weighted by atomic mass is 19.1. The van der Waals surface area contributed by atoms with E-state index in [2.05, 4.69) is 0 Å². The van der Waals surface area contributed by atoms with E-state index < -0.39 is 0 Å². The van der Waals surface area contributed by atoms with Crippen molar-refractivity contribution in [2.75, 3.05) is 7.11 Å². The van der Waals surface area contributed by atoms with Crippen LogP contribution in [0, 0.1) is 11.2 Å². The first-order valence-electron chi connectivity index (χ1n) is 5.99. The van der Waals surface area contributed by atoms with Gasteiger partial charge >= 0.3 is 0 Å². The Labute approximate surface area is 116 Å². The average Bonchev–Trinajstić information content (AvgIpc) is 2.46. The summed E-state index contributed by atoms with van der Waals surface area (Å²) >= 11 is 0. The first kappa shape index (κ1) is 13.9. The van der Waals surface area contributed by atoms with Gasteiger partial charge in [0.05, 0.1) is 7.11 Å². The Hall–Kier alpha value is -2.56. The maximum absolute atomic E-state index is 12.8. The average molecular weight is 274 g/mol. The Kier molecular flexibility index (Phi) is 4.20. The topological polar surface area (TPSA) is 68.3 Å². The number of benzene rings is 2. The van der Waals surface area contributed by atoms with Crippen molar-refractivity contribution in [1.29, 1.82) is 5.41 Å². The number of rotatable bonds is 5. The molecule has 0 bridgehead atoms. The molecule has 4 nitrogen and oxygen atoms in total. The van der Waals surface area contributed by atoms with Gasteiger partial charge in [-0.25, -0.2) is 4.39 Å². The number of nitrogen functional groups attached to an aromatic ring is 1. The fourth-order valence-corrected chi connectivity index (χ4v) is 1.68. The van der Waals surface area contributed by atoms with Crippen LogP contribution in [0.15, 0.2) is 42.5 Å². The molecule has 2 aromatic rings. The Morgan fingerprint density at radius 2 is 1.80 bits per heavy atom. The number of methoxy groups -OCH3 is 1. The summed E-state index contributed by atoms with van der Waals surface area (Å²) in [6, 6.07) is 11.1.